The van der Waals surface area contributed by atoms with Crippen molar-refractivity contribution in [2.24, 2.45) is 5.92 Å². The van der Waals surface area contributed by atoms with E-state index in [-0.39, 0.29) is 5.82 Å². The molecule has 3 aromatic rings. The van der Waals surface area contributed by atoms with Crippen molar-refractivity contribution < 1.29 is 9.13 Å². The largest absolute Gasteiger partial charge is 0.492 e. The molecule has 0 radical (unpaired) electrons. The van der Waals surface area contributed by atoms with Gasteiger partial charge in [0.05, 0.1) is 24.8 Å². The molecule has 0 spiro atoms. The van der Waals surface area contributed by atoms with Gasteiger partial charge in [0.1, 0.15) is 11.6 Å². The van der Waals surface area contributed by atoms with Gasteiger partial charge in [-0.25, -0.2) is 9.37 Å². The molecule has 0 amide bonds. The van der Waals surface area contributed by atoms with Crippen molar-refractivity contribution in [1.29, 1.82) is 0 Å². The van der Waals surface area contributed by atoms with Gasteiger partial charge in [0.2, 0.25) is 0 Å². The third-order valence-electron chi connectivity index (χ3n) is 4.59. The fourth-order valence-corrected chi connectivity index (χ4v) is 3.36. The van der Waals surface area contributed by atoms with E-state index in [1.807, 2.05) is 36.8 Å². The van der Waals surface area contributed by atoms with Gasteiger partial charge >= 0.3 is 0 Å². The quantitative estimate of drug-likeness (QED) is 0.708. The number of hydrogen-bond donors (Lipinski definition) is 0. The van der Waals surface area contributed by atoms with Gasteiger partial charge in [0.25, 0.3) is 0 Å². The second-order valence-corrected chi connectivity index (χ2v) is 6.70. The van der Waals surface area contributed by atoms with Gasteiger partial charge in [-0.3, -0.25) is 9.88 Å². The van der Waals surface area contributed by atoms with Gasteiger partial charge in [0.15, 0.2) is 0 Å². The molecule has 1 aromatic carbocycles. The zero-order valence-corrected chi connectivity index (χ0v) is 14.5. The van der Waals surface area contributed by atoms with Crippen LogP contribution in [0.15, 0.2) is 61.3 Å². The summed E-state index contributed by atoms with van der Waals surface area (Å²) in [6.45, 7) is 3.98. The van der Waals surface area contributed by atoms with E-state index in [2.05, 4.69) is 19.4 Å². The molecule has 2 aromatic heterocycles. The van der Waals surface area contributed by atoms with Crippen LogP contribution in [0.1, 0.15) is 11.3 Å². The summed E-state index contributed by atoms with van der Waals surface area (Å²) < 4.78 is 21.3. The van der Waals surface area contributed by atoms with Crippen molar-refractivity contribution in [1.82, 2.24) is 19.4 Å². The van der Waals surface area contributed by atoms with Crippen molar-refractivity contribution in [3.05, 3.63) is 78.4 Å². The highest BCUT2D eigenvalue weighted by atomic mass is 19.1. The molecular formula is C20H21FN4O. The Morgan fingerprint density at radius 2 is 1.96 bits per heavy atom. The molecule has 1 atom stereocenters. The molecule has 1 aliphatic heterocycles. The Balaban J connectivity index is 1.47. The Labute approximate surface area is 152 Å². The smallest absolute Gasteiger partial charge is 0.137 e. The molecule has 26 heavy (non-hydrogen) atoms. The Bertz CT molecular complexity index is 835. The average Bonchev–Trinajstić information content (AvgIpc) is 3.02. The number of fused-ring (bicyclic) bond motifs is 1. The number of aromatic nitrogens is 3. The molecule has 4 rings (SSSR count). The van der Waals surface area contributed by atoms with E-state index in [1.54, 1.807) is 12.4 Å². The zero-order chi connectivity index (χ0) is 17.8. The minimum atomic E-state index is -0.203. The summed E-state index contributed by atoms with van der Waals surface area (Å²) in [5.74, 6) is 0.907. The monoisotopic (exact) mass is 352 g/mol. The predicted molar refractivity (Wildman–Crippen MR) is 96.0 cm³/mol. The van der Waals surface area contributed by atoms with Crippen LogP contribution in [0.25, 0.3) is 0 Å². The number of nitrogens with zero attached hydrogens (tertiary/aromatic N) is 4. The van der Waals surface area contributed by atoms with Crippen LogP contribution in [-0.4, -0.2) is 32.6 Å². The Kier molecular flexibility index (Phi) is 4.93. The minimum Gasteiger partial charge on any atom is -0.492 e. The van der Waals surface area contributed by atoms with Gasteiger partial charge in [-0.2, -0.15) is 0 Å². The van der Waals surface area contributed by atoms with Gasteiger partial charge in [-0.1, -0.05) is 12.1 Å². The molecule has 1 unspecified atom stereocenters. The number of rotatable bonds is 5. The topological polar surface area (TPSA) is 43.2 Å². The lowest BCUT2D eigenvalue weighted by Gasteiger charge is -2.24. The summed E-state index contributed by atoms with van der Waals surface area (Å²) in [7, 11) is 0. The highest BCUT2D eigenvalue weighted by Crippen LogP contribution is 2.20. The standard InChI is InChI=1S/C20H21FN4O/c21-18-5-3-16(4-6-18)10-24-11-17(12-25-15-23-8-19(25)13-24)14-26-20-2-1-7-22-9-20/h1-9,15,17H,10-14H2. The maximum atomic E-state index is 13.2. The third kappa shape index (κ3) is 4.08. The third-order valence-corrected chi connectivity index (χ3v) is 4.59. The number of ether oxygens (including phenoxy) is 1. The molecule has 5 nitrogen and oxygen atoms in total. The van der Waals surface area contributed by atoms with Crippen molar-refractivity contribution in [2.75, 3.05) is 13.2 Å². The summed E-state index contributed by atoms with van der Waals surface area (Å²) in [4.78, 5) is 10.7. The van der Waals surface area contributed by atoms with Gasteiger partial charge in [-0.15, -0.1) is 0 Å². The molecule has 0 N–H and O–H groups in total. The summed E-state index contributed by atoms with van der Waals surface area (Å²) >= 11 is 0. The number of pyridine rings is 1. The van der Waals surface area contributed by atoms with E-state index in [0.717, 1.165) is 37.5 Å². The van der Waals surface area contributed by atoms with Crippen LogP contribution >= 0.6 is 0 Å². The SMILES string of the molecule is Fc1ccc(CN2Cc3cncn3CC(COc3cccnc3)C2)cc1. The highest BCUT2D eigenvalue weighted by Gasteiger charge is 2.22. The lowest BCUT2D eigenvalue weighted by atomic mass is 10.1. The Morgan fingerprint density at radius 1 is 1.08 bits per heavy atom. The van der Waals surface area contributed by atoms with E-state index < -0.39 is 0 Å². The van der Waals surface area contributed by atoms with E-state index in [0.29, 0.717) is 12.5 Å². The zero-order valence-electron chi connectivity index (χ0n) is 14.5. The number of imidazole rings is 1. The van der Waals surface area contributed by atoms with Crippen molar-refractivity contribution in [3.63, 3.8) is 0 Å². The fourth-order valence-electron chi connectivity index (χ4n) is 3.36. The maximum Gasteiger partial charge on any atom is 0.137 e. The van der Waals surface area contributed by atoms with Gasteiger partial charge in [-0.05, 0) is 29.8 Å². The van der Waals surface area contributed by atoms with E-state index in [1.165, 1.54) is 17.8 Å². The molecule has 134 valence electrons. The molecule has 1 aliphatic rings. The molecule has 6 heteroatoms. The van der Waals surface area contributed by atoms with E-state index >= 15 is 0 Å². The summed E-state index contributed by atoms with van der Waals surface area (Å²) in [6, 6.07) is 10.5. The van der Waals surface area contributed by atoms with Crippen molar-refractivity contribution in [2.45, 2.75) is 19.6 Å². The van der Waals surface area contributed by atoms with Crippen LogP contribution in [0.2, 0.25) is 0 Å². The molecule has 0 saturated carbocycles. The van der Waals surface area contributed by atoms with Crippen molar-refractivity contribution in [3.8, 4) is 5.75 Å². The van der Waals surface area contributed by atoms with Crippen LogP contribution in [0.3, 0.4) is 0 Å². The van der Waals surface area contributed by atoms with Gasteiger partial charge < -0.3 is 9.30 Å². The van der Waals surface area contributed by atoms with Crippen LogP contribution in [0, 0.1) is 11.7 Å². The first-order valence-electron chi connectivity index (χ1n) is 8.75. The first-order chi connectivity index (χ1) is 12.8. The average molecular weight is 352 g/mol. The highest BCUT2D eigenvalue weighted by molar-refractivity contribution is 5.17. The Morgan fingerprint density at radius 3 is 2.77 bits per heavy atom. The molecule has 0 saturated heterocycles. The summed E-state index contributed by atoms with van der Waals surface area (Å²) in [5, 5.41) is 0. The summed E-state index contributed by atoms with van der Waals surface area (Å²) in [6.07, 6.45) is 7.27. The Hall–Kier alpha value is -2.73. The second kappa shape index (κ2) is 7.66. The van der Waals surface area contributed by atoms with Crippen LogP contribution in [0.4, 0.5) is 4.39 Å². The number of hydrogen-bond acceptors (Lipinski definition) is 4. The molecule has 0 aliphatic carbocycles. The van der Waals surface area contributed by atoms with Crippen LogP contribution in [0.5, 0.6) is 5.75 Å². The normalized spacial score (nSPS) is 17.5. The minimum absolute atomic E-state index is 0.203. The fraction of sp³-hybridized carbons (Fsp3) is 0.300. The first kappa shape index (κ1) is 16.7. The lowest BCUT2D eigenvalue weighted by molar-refractivity contribution is 0.167. The molecule has 3 heterocycles. The van der Waals surface area contributed by atoms with E-state index in [9.17, 15) is 4.39 Å². The van der Waals surface area contributed by atoms with Crippen LogP contribution in [-0.2, 0) is 19.6 Å². The molecule has 0 fully saturated rings. The van der Waals surface area contributed by atoms with E-state index in [4.69, 9.17) is 4.74 Å². The number of halogens is 1. The van der Waals surface area contributed by atoms with Crippen LogP contribution < -0.4 is 4.74 Å². The lowest BCUT2D eigenvalue weighted by Crippen LogP contribution is -2.30. The predicted octanol–water partition coefficient (Wildman–Crippen LogP) is 3.13. The summed E-state index contributed by atoms with van der Waals surface area (Å²) in [5.41, 5.74) is 2.29. The molecule has 0 bridgehead atoms. The second-order valence-electron chi connectivity index (χ2n) is 6.70. The van der Waals surface area contributed by atoms with Crippen molar-refractivity contribution >= 4 is 0 Å². The van der Waals surface area contributed by atoms with Gasteiger partial charge in [0, 0.05) is 44.5 Å². The maximum absolute atomic E-state index is 13.2. The first-order valence-corrected chi connectivity index (χ1v) is 8.75. The molecular weight excluding hydrogens is 331 g/mol. The number of benzene rings is 1.